The van der Waals surface area contributed by atoms with E-state index in [-0.39, 0.29) is 23.7 Å². The fraction of sp³-hybridized carbons (Fsp3) is 0.233. The number of Topliss-reactive ketones (excluding diaryl/α,β-unsaturated/α-hetero) is 1. The first-order chi connectivity index (χ1) is 19.2. The molecule has 3 heterocycles. The van der Waals surface area contributed by atoms with Crippen molar-refractivity contribution in [1.82, 2.24) is 4.57 Å². The molecule has 204 valence electrons. The number of hydrogen-bond donors (Lipinski definition) is 0. The van der Waals surface area contributed by atoms with Gasteiger partial charge in [0.1, 0.15) is 35.6 Å². The van der Waals surface area contributed by atoms with Crippen LogP contribution in [0.4, 0.5) is 8.78 Å². The number of para-hydroxylation sites is 1. The maximum absolute atomic E-state index is 14.1. The van der Waals surface area contributed by atoms with Crippen LogP contribution in [0.2, 0.25) is 0 Å². The van der Waals surface area contributed by atoms with Crippen LogP contribution in [-0.4, -0.2) is 23.2 Å². The van der Waals surface area contributed by atoms with Crippen LogP contribution in [0.25, 0.3) is 6.08 Å². The molecule has 3 atom stereocenters. The van der Waals surface area contributed by atoms with Gasteiger partial charge in [0, 0.05) is 17.2 Å². The van der Waals surface area contributed by atoms with Gasteiger partial charge in [-0.05, 0) is 55.8 Å². The molecule has 2 aliphatic rings. The zero-order valence-corrected chi connectivity index (χ0v) is 22.6. The van der Waals surface area contributed by atoms with Gasteiger partial charge in [-0.3, -0.25) is 14.2 Å². The smallest absolute Gasteiger partial charge is 0.270 e. The fourth-order valence-electron chi connectivity index (χ4n) is 5.46. The number of ketones is 1. The van der Waals surface area contributed by atoms with Gasteiger partial charge in [0.2, 0.25) is 5.72 Å². The van der Waals surface area contributed by atoms with Crippen LogP contribution >= 0.6 is 11.3 Å². The van der Waals surface area contributed by atoms with Crippen molar-refractivity contribution in [2.45, 2.75) is 32.2 Å². The predicted octanol–water partition coefficient (Wildman–Crippen LogP) is 4.14. The average molecular weight is 563 g/mol. The summed E-state index contributed by atoms with van der Waals surface area (Å²) in [5, 5.41) is 0. The van der Waals surface area contributed by atoms with E-state index in [0.717, 1.165) is 17.7 Å². The molecule has 7 nitrogen and oxygen atoms in total. The second kappa shape index (κ2) is 9.71. The number of nitrogens with zero attached hydrogens (tertiary/aromatic N) is 2. The quantitative estimate of drug-likeness (QED) is 0.353. The lowest BCUT2D eigenvalue weighted by molar-refractivity contribution is -0.132. The Bertz CT molecular complexity index is 1850. The second-order valence-corrected chi connectivity index (χ2v) is 10.9. The Morgan fingerprint density at radius 2 is 1.93 bits per heavy atom. The van der Waals surface area contributed by atoms with Gasteiger partial charge >= 0.3 is 0 Å². The summed E-state index contributed by atoms with van der Waals surface area (Å²) < 4.78 is 46.6. The topological polar surface area (TPSA) is 79.1 Å². The van der Waals surface area contributed by atoms with Crippen LogP contribution in [0.1, 0.15) is 36.6 Å². The largest absolute Gasteiger partial charge is 0.496 e. The summed E-state index contributed by atoms with van der Waals surface area (Å²) in [6.07, 6.45) is 1.73. The SMILES string of the molecule is COc1ccc(/C=c2/sc3n(c2=O)[C@H]2c4ccccc4O[C@](C)(N=3)[C@H]2C(C)=O)cc1COc1ccc(F)cc1F. The molecule has 0 radical (unpaired) electrons. The lowest BCUT2D eigenvalue weighted by atomic mass is 9.79. The minimum Gasteiger partial charge on any atom is -0.496 e. The number of benzene rings is 3. The van der Waals surface area contributed by atoms with Gasteiger partial charge < -0.3 is 14.2 Å². The van der Waals surface area contributed by atoms with Crippen molar-refractivity contribution >= 4 is 23.2 Å². The molecule has 1 aromatic heterocycles. The molecule has 0 fully saturated rings. The molecule has 10 heteroatoms. The van der Waals surface area contributed by atoms with Crippen molar-refractivity contribution in [2.24, 2.45) is 10.9 Å². The van der Waals surface area contributed by atoms with Gasteiger partial charge in [0.15, 0.2) is 16.4 Å². The molecule has 0 N–H and O–H groups in total. The van der Waals surface area contributed by atoms with E-state index in [2.05, 4.69) is 0 Å². The van der Waals surface area contributed by atoms with E-state index in [1.165, 1.54) is 31.4 Å². The Morgan fingerprint density at radius 3 is 2.67 bits per heavy atom. The van der Waals surface area contributed by atoms with Gasteiger partial charge in [0.25, 0.3) is 5.56 Å². The molecule has 0 amide bonds. The van der Waals surface area contributed by atoms with Gasteiger partial charge in [0.05, 0.1) is 17.7 Å². The van der Waals surface area contributed by atoms with E-state index in [1.54, 1.807) is 35.8 Å². The molecule has 0 spiro atoms. The van der Waals surface area contributed by atoms with Crippen LogP contribution in [-0.2, 0) is 11.4 Å². The number of halogens is 2. The highest BCUT2D eigenvalue weighted by molar-refractivity contribution is 7.07. The summed E-state index contributed by atoms with van der Waals surface area (Å²) in [6, 6.07) is 15.2. The van der Waals surface area contributed by atoms with Gasteiger partial charge in [-0.15, -0.1) is 0 Å². The Morgan fingerprint density at radius 1 is 1.15 bits per heavy atom. The molecule has 0 aliphatic carbocycles. The van der Waals surface area contributed by atoms with E-state index in [1.807, 2.05) is 24.3 Å². The third-order valence-corrected chi connectivity index (χ3v) is 8.18. The van der Waals surface area contributed by atoms with E-state index in [4.69, 9.17) is 19.2 Å². The third kappa shape index (κ3) is 4.28. The fourth-order valence-corrected chi connectivity index (χ4v) is 6.56. The Kier molecular flexibility index (Phi) is 6.29. The first-order valence-electron chi connectivity index (χ1n) is 12.5. The second-order valence-electron chi connectivity index (χ2n) is 9.84. The number of ether oxygens (including phenoxy) is 3. The third-order valence-electron chi connectivity index (χ3n) is 7.20. The summed E-state index contributed by atoms with van der Waals surface area (Å²) in [5.74, 6) is -1.26. The summed E-state index contributed by atoms with van der Waals surface area (Å²) in [6.45, 7) is 3.23. The average Bonchev–Trinajstić information content (AvgIpc) is 3.20. The van der Waals surface area contributed by atoms with E-state index in [9.17, 15) is 18.4 Å². The predicted molar refractivity (Wildman–Crippen MR) is 144 cm³/mol. The Hall–Kier alpha value is -4.31. The van der Waals surface area contributed by atoms with E-state index < -0.39 is 29.3 Å². The molecule has 4 aromatic rings. The number of carbonyl (C=O) groups is 1. The first kappa shape index (κ1) is 25.9. The number of carbonyl (C=O) groups excluding carboxylic acids is 1. The van der Waals surface area contributed by atoms with E-state index >= 15 is 0 Å². The van der Waals surface area contributed by atoms with Crippen molar-refractivity contribution in [1.29, 1.82) is 0 Å². The molecule has 6 rings (SSSR count). The zero-order valence-electron chi connectivity index (χ0n) is 21.8. The maximum Gasteiger partial charge on any atom is 0.270 e. The van der Waals surface area contributed by atoms with Gasteiger partial charge in [-0.25, -0.2) is 13.8 Å². The number of rotatable bonds is 6. The summed E-state index contributed by atoms with van der Waals surface area (Å²) in [7, 11) is 1.51. The van der Waals surface area contributed by atoms with Crippen LogP contribution in [0.3, 0.4) is 0 Å². The minimum atomic E-state index is -1.14. The number of aromatic nitrogens is 1. The monoisotopic (exact) mass is 562 g/mol. The number of methoxy groups -OCH3 is 1. The van der Waals surface area contributed by atoms with Gasteiger partial charge in [-0.1, -0.05) is 35.6 Å². The highest BCUT2D eigenvalue weighted by atomic mass is 32.1. The molecule has 2 bridgehead atoms. The van der Waals surface area contributed by atoms with Crippen LogP contribution < -0.4 is 29.1 Å². The number of hydrogen-bond acceptors (Lipinski definition) is 7. The molecular formula is C30H24F2N2O5S. The standard InChI is InChI=1S/C30H24F2N2O5S/c1-16(35)26-27-20-6-4-5-7-23(20)39-30(26,2)33-29-34(27)28(36)25(40-29)13-17-8-10-22(37-3)18(12-17)15-38-24-11-9-19(31)14-21(24)32/h4-14,26-27H,15H2,1-3H3/b25-13+/t26-,27-,30-/m0/s1. The molecule has 0 saturated heterocycles. The van der Waals surface area contributed by atoms with Crippen molar-refractivity contribution < 1.29 is 27.8 Å². The molecular weight excluding hydrogens is 538 g/mol. The molecule has 40 heavy (non-hydrogen) atoms. The lowest BCUT2D eigenvalue weighted by Crippen LogP contribution is -2.58. The van der Waals surface area contributed by atoms with Gasteiger partial charge in [-0.2, -0.15) is 0 Å². The summed E-state index contributed by atoms with van der Waals surface area (Å²) in [4.78, 5) is 31.8. The Labute approximate surface area is 231 Å². The van der Waals surface area contributed by atoms with Crippen LogP contribution in [0.15, 0.2) is 70.5 Å². The Balaban J connectivity index is 1.42. The normalized spacial score (nSPS) is 21.1. The highest BCUT2D eigenvalue weighted by Gasteiger charge is 2.53. The first-order valence-corrected chi connectivity index (χ1v) is 13.4. The van der Waals surface area contributed by atoms with Crippen molar-refractivity contribution in [3.05, 3.63) is 109 Å². The maximum atomic E-state index is 14.1. The molecule has 0 saturated carbocycles. The number of thiazole rings is 1. The highest BCUT2D eigenvalue weighted by Crippen LogP contribution is 2.47. The number of fused-ring (bicyclic) bond motifs is 6. The summed E-state index contributed by atoms with van der Waals surface area (Å²) in [5.41, 5.74) is 0.651. The zero-order chi connectivity index (χ0) is 28.2. The summed E-state index contributed by atoms with van der Waals surface area (Å²) >= 11 is 1.22. The van der Waals surface area contributed by atoms with Crippen LogP contribution in [0, 0.1) is 17.6 Å². The lowest BCUT2D eigenvalue weighted by Gasteiger charge is -2.45. The molecule has 0 unspecified atom stereocenters. The molecule has 3 aromatic carbocycles. The van der Waals surface area contributed by atoms with Crippen molar-refractivity contribution in [2.75, 3.05) is 7.11 Å². The van der Waals surface area contributed by atoms with E-state index in [0.29, 0.717) is 32.0 Å². The van der Waals surface area contributed by atoms with Crippen molar-refractivity contribution in [3.63, 3.8) is 0 Å². The minimum absolute atomic E-state index is 0.0441. The van der Waals surface area contributed by atoms with Crippen LogP contribution in [0.5, 0.6) is 17.2 Å². The van der Waals surface area contributed by atoms with Crippen molar-refractivity contribution in [3.8, 4) is 17.2 Å². The molecule has 2 aliphatic heterocycles.